The van der Waals surface area contributed by atoms with E-state index >= 15 is 0 Å². The van der Waals surface area contributed by atoms with Crippen LogP contribution in [-0.4, -0.2) is 79.6 Å². The molecule has 0 atom stereocenters. The third kappa shape index (κ3) is 4.10. The summed E-state index contributed by atoms with van der Waals surface area (Å²) in [7, 11) is 2.22. The second-order valence-electron chi connectivity index (χ2n) is 7.99. The molecule has 3 heterocycles. The summed E-state index contributed by atoms with van der Waals surface area (Å²) in [6.45, 7) is 6.73. The Balaban J connectivity index is 1.95. The predicted octanol–water partition coefficient (Wildman–Crippen LogP) is 1.76. The van der Waals surface area contributed by atoms with E-state index in [-0.39, 0.29) is 0 Å². The topological polar surface area (TPSA) is 35.5 Å². The second-order valence-corrected chi connectivity index (χ2v) is 22.3. The van der Waals surface area contributed by atoms with Gasteiger partial charge in [-0.2, -0.15) is 0 Å². The molecule has 0 spiro atoms. The van der Waals surface area contributed by atoms with E-state index in [0.717, 1.165) is 44.4 Å². The fraction of sp³-hybridized carbons (Fsp3) is 0.765. The first-order chi connectivity index (χ1) is 10.9. The van der Waals surface area contributed by atoms with Crippen LogP contribution < -0.4 is 13.5 Å². The van der Waals surface area contributed by atoms with Crippen molar-refractivity contribution in [1.29, 1.82) is 0 Å². The zero-order chi connectivity index (χ0) is 16.4. The molecule has 0 bridgehead atoms. The van der Waals surface area contributed by atoms with Gasteiger partial charge in [-0.1, -0.05) is 0 Å². The van der Waals surface area contributed by atoms with E-state index in [2.05, 4.69) is 42.8 Å². The van der Waals surface area contributed by atoms with E-state index in [9.17, 15) is 0 Å². The first-order valence-corrected chi connectivity index (χ1v) is 19.0. The van der Waals surface area contributed by atoms with Crippen LogP contribution in [0.3, 0.4) is 0 Å². The summed E-state index contributed by atoms with van der Waals surface area (Å²) in [5.41, 5.74) is 0. The fourth-order valence-electron chi connectivity index (χ4n) is 3.36. The first-order valence-electron chi connectivity index (χ1n) is 9.01. The molecule has 2 aliphatic rings. The van der Waals surface area contributed by atoms with E-state index in [1.165, 1.54) is 29.5 Å². The molecular formula is C17H31N5Sn. The molecule has 1 aromatic heterocycles. The van der Waals surface area contributed by atoms with Crippen molar-refractivity contribution < 1.29 is 0 Å². The Morgan fingerprint density at radius 3 is 2.17 bits per heavy atom. The summed E-state index contributed by atoms with van der Waals surface area (Å²) in [5.74, 6) is 2.29. The Bertz CT molecular complexity index is 536. The van der Waals surface area contributed by atoms with E-state index in [0.29, 0.717) is 0 Å². The molecule has 3 rings (SSSR count). The van der Waals surface area contributed by atoms with Crippen LogP contribution in [0.15, 0.2) is 6.20 Å². The summed E-state index contributed by atoms with van der Waals surface area (Å²) < 4.78 is 1.30. The van der Waals surface area contributed by atoms with Crippen LogP contribution >= 0.6 is 0 Å². The van der Waals surface area contributed by atoms with Gasteiger partial charge in [0.25, 0.3) is 0 Å². The average Bonchev–Trinajstić information content (AvgIpc) is 2.95. The van der Waals surface area contributed by atoms with Crippen molar-refractivity contribution in [3.63, 3.8) is 0 Å². The van der Waals surface area contributed by atoms with E-state index in [1.807, 2.05) is 0 Å². The molecule has 128 valence electrons. The number of hydrogen-bond donors (Lipinski definition) is 0. The van der Waals surface area contributed by atoms with Crippen molar-refractivity contribution in [2.45, 2.75) is 34.1 Å². The van der Waals surface area contributed by atoms with Crippen LogP contribution in [0.1, 0.15) is 19.3 Å². The van der Waals surface area contributed by atoms with Crippen LogP contribution in [0.2, 0.25) is 14.8 Å². The molecule has 0 aliphatic carbocycles. The van der Waals surface area contributed by atoms with Gasteiger partial charge in [0.05, 0.1) is 0 Å². The summed E-state index contributed by atoms with van der Waals surface area (Å²) in [5, 5.41) is 0. The molecule has 2 fully saturated rings. The van der Waals surface area contributed by atoms with Crippen molar-refractivity contribution in [3.8, 4) is 0 Å². The van der Waals surface area contributed by atoms with Gasteiger partial charge in [-0.3, -0.25) is 0 Å². The normalized spacial score (nSPS) is 20.9. The quantitative estimate of drug-likeness (QED) is 0.692. The Morgan fingerprint density at radius 1 is 0.826 bits per heavy atom. The molecule has 0 radical (unpaired) electrons. The van der Waals surface area contributed by atoms with Crippen molar-refractivity contribution in [3.05, 3.63) is 6.20 Å². The number of nitrogens with zero attached hydrogens (tertiary/aromatic N) is 5. The molecule has 1 aromatic rings. The molecule has 23 heavy (non-hydrogen) atoms. The van der Waals surface area contributed by atoms with Gasteiger partial charge in [0, 0.05) is 0 Å². The molecule has 0 amide bonds. The van der Waals surface area contributed by atoms with Gasteiger partial charge in [0.1, 0.15) is 0 Å². The van der Waals surface area contributed by atoms with Crippen LogP contribution in [0.5, 0.6) is 0 Å². The maximum absolute atomic E-state index is 5.18. The fourth-order valence-corrected chi connectivity index (χ4v) is 5.91. The van der Waals surface area contributed by atoms with Gasteiger partial charge >= 0.3 is 145 Å². The first kappa shape index (κ1) is 17.3. The second kappa shape index (κ2) is 7.13. The zero-order valence-corrected chi connectivity index (χ0v) is 18.0. The Labute approximate surface area is 145 Å². The number of likely N-dealkylation sites (N-methyl/N-ethyl adjacent to an activating group) is 1. The molecule has 0 aromatic carbocycles. The minimum absolute atomic E-state index is 1.06. The molecule has 6 heteroatoms. The Morgan fingerprint density at radius 2 is 1.48 bits per heavy atom. The number of anilines is 2. The molecular weight excluding hydrogens is 393 g/mol. The van der Waals surface area contributed by atoms with Crippen LogP contribution in [0, 0.1) is 0 Å². The van der Waals surface area contributed by atoms with Crippen molar-refractivity contribution in [2.24, 2.45) is 0 Å². The predicted molar refractivity (Wildman–Crippen MR) is 101 cm³/mol. The van der Waals surface area contributed by atoms with Crippen molar-refractivity contribution >= 4 is 33.7 Å². The van der Waals surface area contributed by atoms with Crippen molar-refractivity contribution in [2.75, 3.05) is 56.1 Å². The van der Waals surface area contributed by atoms with E-state index < -0.39 is 18.4 Å². The van der Waals surface area contributed by atoms with Crippen LogP contribution in [0.4, 0.5) is 11.6 Å². The van der Waals surface area contributed by atoms with Gasteiger partial charge in [-0.25, -0.2) is 0 Å². The van der Waals surface area contributed by atoms with Gasteiger partial charge in [0.2, 0.25) is 0 Å². The molecule has 2 saturated heterocycles. The SMILES string of the molecule is CN1CCCN(c2n[c]([Sn]([CH3])([CH3])[CH3])cnc2N2CCCC2)CC1. The number of aromatic nitrogens is 2. The molecule has 2 aliphatic heterocycles. The maximum atomic E-state index is 5.18. The van der Waals surface area contributed by atoms with E-state index in [1.54, 1.807) is 0 Å². The van der Waals surface area contributed by atoms with Gasteiger partial charge < -0.3 is 0 Å². The number of rotatable bonds is 3. The average molecular weight is 424 g/mol. The number of hydrogen-bond acceptors (Lipinski definition) is 5. The summed E-state index contributed by atoms with van der Waals surface area (Å²) >= 11 is -2.20. The van der Waals surface area contributed by atoms with Gasteiger partial charge in [0.15, 0.2) is 0 Å². The minimum atomic E-state index is -2.20. The van der Waals surface area contributed by atoms with Crippen molar-refractivity contribution in [1.82, 2.24) is 14.9 Å². The summed E-state index contributed by atoms with van der Waals surface area (Å²) in [6, 6.07) is 0. The van der Waals surface area contributed by atoms with Gasteiger partial charge in [-0.15, -0.1) is 0 Å². The Kier molecular flexibility index (Phi) is 5.35. The Hall–Kier alpha value is -0.561. The monoisotopic (exact) mass is 425 g/mol. The van der Waals surface area contributed by atoms with Gasteiger partial charge in [-0.05, 0) is 0 Å². The third-order valence-corrected chi connectivity index (χ3v) is 10.0. The molecule has 5 nitrogen and oxygen atoms in total. The van der Waals surface area contributed by atoms with Crippen LogP contribution in [-0.2, 0) is 0 Å². The van der Waals surface area contributed by atoms with Crippen LogP contribution in [0.25, 0.3) is 0 Å². The van der Waals surface area contributed by atoms with E-state index in [4.69, 9.17) is 9.97 Å². The molecule has 0 saturated carbocycles. The molecule has 0 N–H and O–H groups in total. The summed E-state index contributed by atoms with van der Waals surface area (Å²) in [4.78, 5) is 24.7. The molecule has 0 unspecified atom stereocenters. The zero-order valence-electron chi connectivity index (χ0n) is 15.2. The standard InChI is InChI=1S/C14H22N5.3CH3.Sn/c1-17-7-4-10-19(12-11-17)14-13(15-5-6-16-14)18-8-2-3-9-18;;;;/h5H,2-4,7-12H2,1H3;3*1H3;. The summed E-state index contributed by atoms with van der Waals surface area (Å²) in [6.07, 6.45) is 5.85. The third-order valence-electron chi connectivity index (χ3n) is 4.93.